The van der Waals surface area contributed by atoms with Gasteiger partial charge in [-0.05, 0) is 31.4 Å². The average molecular weight is 412 g/mol. The molecular weight excluding hydrogens is 382 g/mol. The number of aromatic nitrogens is 1. The van der Waals surface area contributed by atoms with Gasteiger partial charge < -0.3 is 25.4 Å². The summed E-state index contributed by atoms with van der Waals surface area (Å²) >= 11 is 0. The maximum Gasteiger partial charge on any atom is 0.409 e. The number of carbonyl (C=O) groups excluding carboxylic acids is 1. The number of benzene rings is 1. The predicted molar refractivity (Wildman–Crippen MR) is 115 cm³/mol. The van der Waals surface area contributed by atoms with Crippen molar-refractivity contribution in [2.24, 2.45) is 10.7 Å². The number of carbonyl (C=O) groups is 1. The molecule has 160 valence electrons. The van der Waals surface area contributed by atoms with Crippen molar-refractivity contribution in [3.8, 4) is 5.88 Å². The molecule has 0 bridgehead atoms. The number of pyridine rings is 1. The van der Waals surface area contributed by atoms with Crippen LogP contribution in [0, 0.1) is 0 Å². The maximum atomic E-state index is 11.8. The minimum absolute atomic E-state index is 0.183. The van der Waals surface area contributed by atoms with E-state index in [0.29, 0.717) is 44.7 Å². The largest absolute Gasteiger partial charge is 0.473 e. The quantitative estimate of drug-likeness (QED) is 0.536. The van der Waals surface area contributed by atoms with Crippen molar-refractivity contribution in [1.29, 1.82) is 0 Å². The first kappa shape index (κ1) is 21.4. The molecule has 0 aliphatic carbocycles. The van der Waals surface area contributed by atoms with Crippen LogP contribution in [0.5, 0.6) is 5.88 Å². The molecule has 8 heteroatoms. The lowest BCUT2D eigenvalue weighted by atomic mass is 10.1. The zero-order valence-corrected chi connectivity index (χ0v) is 17.3. The molecule has 1 amide bonds. The van der Waals surface area contributed by atoms with Crippen LogP contribution in [-0.4, -0.2) is 47.7 Å². The zero-order valence-electron chi connectivity index (χ0n) is 17.3. The van der Waals surface area contributed by atoms with Crippen molar-refractivity contribution in [3.05, 3.63) is 59.8 Å². The second-order valence-electron chi connectivity index (χ2n) is 7.05. The summed E-state index contributed by atoms with van der Waals surface area (Å²) in [6.45, 7) is 4.30. The van der Waals surface area contributed by atoms with Crippen LogP contribution in [0.2, 0.25) is 0 Å². The molecular formula is C22H29N5O3. The third-order valence-electron chi connectivity index (χ3n) is 4.86. The lowest BCUT2D eigenvalue weighted by molar-refractivity contribution is 0.0963. The highest BCUT2D eigenvalue weighted by molar-refractivity contribution is 5.78. The number of hydrogen-bond acceptors (Lipinski definition) is 5. The molecule has 1 aliphatic rings. The zero-order chi connectivity index (χ0) is 21.2. The first-order chi connectivity index (χ1) is 14.7. The Morgan fingerprint density at radius 3 is 2.73 bits per heavy atom. The Morgan fingerprint density at radius 2 is 2.00 bits per heavy atom. The van der Waals surface area contributed by atoms with Crippen LogP contribution in [0.15, 0.2) is 53.7 Å². The molecule has 30 heavy (non-hydrogen) atoms. The van der Waals surface area contributed by atoms with Gasteiger partial charge in [-0.15, -0.1) is 0 Å². The topological polar surface area (TPSA) is 102 Å². The molecule has 0 radical (unpaired) electrons. The Kier molecular flexibility index (Phi) is 7.88. The SMILES string of the molecule is CCOC(=O)N1CCC(NC(N)=NCc2cccnc2OCc2ccccc2)CC1. The van der Waals surface area contributed by atoms with Gasteiger partial charge in [0.05, 0.1) is 13.2 Å². The highest BCUT2D eigenvalue weighted by Crippen LogP contribution is 2.17. The van der Waals surface area contributed by atoms with Gasteiger partial charge in [0.2, 0.25) is 5.88 Å². The number of likely N-dealkylation sites (tertiary alicyclic amines) is 1. The van der Waals surface area contributed by atoms with Crippen molar-refractivity contribution in [2.75, 3.05) is 19.7 Å². The Bertz CT molecular complexity index is 836. The van der Waals surface area contributed by atoms with Gasteiger partial charge in [-0.2, -0.15) is 0 Å². The molecule has 0 saturated carbocycles. The fraction of sp³-hybridized carbons (Fsp3) is 0.409. The van der Waals surface area contributed by atoms with Crippen LogP contribution in [-0.2, 0) is 17.9 Å². The molecule has 1 saturated heterocycles. The Labute approximate surface area is 177 Å². The van der Waals surface area contributed by atoms with Crippen LogP contribution >= 0.6 is 0 Å². The third-order valence-corrected chi connectivity index (χ3v) is 4.86. The number of nitrogens with zero attached hydrogens (tertiary/aromatic N) is 3. The van der Waals surface area contributed by atoms with Crippen LogP contribution in [0.1, 0.15) is 30.9 Å². The highest BCUT2D eigenvalue weighted by atomic mass is 16.6. The summed E-state index contributed by atoms with van der Waals surface area (Å²) in [5, 5.41) is 3.25. The first-order valence-corrected chi connectivity index (χ1v) is 10.2. The van der Waals surface area contributed by atoms with Crippen LogP contribution in [0.25, 0.3) is 0 Å². The molecule has 1 aromatic carbocycles. The van der Waals surface area contributed by atoms with Crippen LogP contribution < -0.4 is 15.8 Å². The number of amides is 1. The predicted octanol–water partition coefficient (Wildman–Crippen LogP) is 2.69. The standard InChI is InChI=1S/C22H29N5O3/c1-2-29-22(28)27-13-10-19(11-14-27)26-21(23)25-15-18-9-6-12-24-20(18)30-16-17-7-4-3-5-8-17/h3-9,12,19H,2,10-11,13-16H2,1H3,(H3,23,25,26). The molecule has 1 fully saturated rings. The van der Waals surface area contributed by atoms with Crippen molar-refractivity contribution in [1.82, 2.24) is 15.2 Å². The molecule has 1 aliphatic heterocycles. The number of piperidine rings is 1. The van der Waals surface area contributed by atoms with Gasteiger partial charge in [0, 0.05) is 30.9 Å². The van der Waals surface area contributed by atoms with Crippen molar-refractivity contribution in [3.63, 3.8) is 0 Å². The molecule has 2 aromatic rings. The van der Waals surface area contributed by atoms with Gasteiger partial charge in [-0.25, -0.2) is 14.8 Å². The fourth-order valence-corrected chi connectivity index (χ4v) is 3.25. The molecule has 2 heterocycles. The van der Waals surface area contributed by atoms with Gasteiger partial charge in [0.1, 0.15) is 6.61 Å². The Morgan fingerprint density at radius 1 is 1.23 bits per heavy atom. The number of guanidine groups is 1. The van der Waals surface area contributed by atoms with Crippen molar-refractivity contribution >= 4 is 12.1 Å². The van der Waals surface area contributed by atoms with E-state index in [4.69, 9.17) is 15.2 Å². The number of nitrogens with one attached hydrogen (secondary N) is 1. The normalized spacial score (nSPS) is 15.0. The summed E-state index contributed by atoms with van der Waals surface area (Å²) in [5.74, 6) is 0.933. The molecule has 0 spiro atoms. The summed E-state index contributed by atoms with van der Waals surface area (Å²) in [6.07, 6.45) is 3.05. The van der Waals surface area contributed by atoms with E-state index in [0.717, 1.165) is 24.0 Å². The first-order valence-electron chi connectivity index (χ1n) is 10.2. The summed E-state index contributed by atoms with van der Waals surface area (Å²) in [5.41, 5.74) is 8.03. The number of aliphatic imine (C=N–C) groups is 1. The molecule has 1 aromatic heterocycles. The summed E-state index contributed by atoms with van der Waals surface area (Å²) in [7, 11) is 0. The minimum atomic E-state index is -0.253. The van der Waals surface area contributed by atoms with E-state index in [1.54, 1.807) is 11.1 Å². The van der Waals surface area contributed by atoms with E-state index >= 15 is 0 Å². The van der Waals surface area contributed by atoms with Crippen LogP contribution in [0.4, 0.5) is 4.79 Å². The fourth-order valence-electron chi connectivity index (χ4n) is 3.25. The van der Waals surface area contributed by atoms with Crippen molar-refractivity contribution < 1.29 is 14.3 Å². The monoisotopic (exact) mass is 411 g/mol. The van der Waals surface area contributed by atoms with E-state index in [1.807, 2.05) is 49.4 Å². The number of hydrogen-bond donors (Lipinski definition) is 2. The van der Waals surface area contributed by atoms with E-state index in [-0.39, 0.29) is 12.1 Å². The average Bonchev–Trinajstić information content (AvgIpc) is 2.78. The van der Waals surface area contributed by atoms with Gasteiger partial charge in [-0.1, -0.05) is 36.4 Å². The molecule has 3 rings (SSSR count). The van der Waals surface area contributed by atoms with Gasteiger partial charge >= 0.3 is 6.09 Å². The summed E-state index contributed by atoms with van der Waals surface area (Å²) in [6, 6.07) is 13.9. The lowest BCUT2D eigenvalue weighted by Crippen LogP contribution is -2.48. The number of rotatable bonds is 7. The van der Waals surface area contributed by atoms with Crippen molar-refractivity contribution in [2.45, 2.75) is 39.0 Å². The summed E-state index contributed by atoms with van der Waals surface area (Å²) < 4.78 is 10.9. The Hall–Kier alpha value is -3.29. The number of ether oxygens (including phenoxy) is 2. The maximum absolute atomic E-state index is 11.8. The minimum Gasteiger partial charge on any atom is -0.473 e. The van der Waals surface area contributed by atoms with E-state index in [9.17, 15) is 4.79 Å². The summed E-state index contributed by atoms with van der Waals surface area (Å²) in [4.78, 5) is 22.3. The van der Waals surface area contributed by atoms with E-state index in [1.165, 1.54) is 0 Å². The smallest absolute Gasteiger partial charge is 0.409 e. The Balaban J connectivity index is 1.49. The molecule has 8 nitrogen and oxygen atoms in total. The highest BCUT2D eigenvalue weighted by Gasteiger charge is 2.23. The third kappa shape index (κ3) is 6.37. The van der Waals surface area contributed by atoms with Crippen LogP contribution in [0.3, 0.4) is 0 Å². The van der Waals surface area contributed by atoms with E-state index < -0.39 is 0 Å². The second kappa shape index (κ2) is 11.0. The number of nitrogens with two attached hydrogens (primary N) is 1. The van der Waals surface area contributed by atoms with Gasteiger partial charge in [0.25, 0.3) is 0 Å². The lowest BCUT2D eigenvalue weighted by Gasteiger charge is -2.31. The second-order valence-corrected chi connectivity index (χ2v) is 7.05. The van der Waals surface area contributed by atoms with Gasteiger partial charge in [-0.3, -0.25) is 0 Å². The molecule has 0 unspecified atom stereocenters. The van der Waals surface area contributed by atoms with E-state index in [2.05, 4.69) is 15.3 Å². The van der Waals surface area contributed by atoms with Gasteiger partial charge in [0.15, 0.2) is 5.96 Å². The molecule has 3 N–H and O–H groups in total. The molecule has 0 atom stereocenters.